The molecular weight excluding hydrogens is 404 g/mol. The van der Waals surface area contributed by atoms with Gasteiger partial charge in [0.15, 0.2) is 10.9 Å². The molecule has 0 aliphatic rings. The average Bonchev–Trinajstić information content (AvgIpc) is 3.11. The van der Waals surface area contributed by atoms with E-state index in [9.17, 15) is 9.59 Å². The third-order valence-corrected chi connectivity index (χ3v) is 5.36. The lowest BCUT2D eigenvalue weighted by molar-refractivity contribution is -0.115. The summed E-state index contributed by atoms with van der Waals surface area (Å²) < 4.78 is 12.0. The molecule has 0 radical (unpaired) electrons. The maximum atomic E-state index is 12.4. The monoisotopic (exact) mass is 426 g/mol. The van der Waals surface area contributed by atoms with E-state index in [4.69, 9.17) is 9.47 Å². The number of carbonyl (C=O) groups excluding carboxylic acids is 2. The minimum Gasteiger partial charge on any atom is -0.497 e. The predicted octanol–water partition coefficient (Wildman–Crippen LogP) is 2.99. The van der Waals surface area contributed by atoms with Crippen LogP contribution in [0.3, 0.4) is 0 Å². The Morgan fingerprint density at radius 1 is 1.03 bits per heavy atom. The van der Waals surface area contributed by atoms with E-state index >= 15 is 0 Å². The maximum absolute atomic E-state index is 12.4. The fourth-order valence-electron chi connectivity index (χ4n) is 2.66. The lowest BCUT2D eigenvalue weighted by Gasteiger charge is -2.07. The number of methoxy groups -OCH3 is 2. The van der Waals surface area contributed by atoms with Crippen LogP contribution < -0.4 is 14.8 Å². The fourth-order valence-corrected chi connectivity index (χ4v) is 3.49. The Kier molecular flexibility index (Phi) is 7.08. The van der Waals surface area contributed by atoms with Crippen LogP contribution in [0.2, 0.25) is 0 Å². The summed E-state index contributed by atoms with van der Waals surface area (Å²) in [5.41, 5.74) is 1.24. The Bertz CT molecular complexity index is 1030. The van der Waals surface area contributed by atoms with E-state index in [1.807, 2.05) is 0 Å². The van der Waals surface area contributed by atoms with Gasteiger partial charge in [-0.3, -0.25) is 9.59 Å². The summed E-state index contributed by atoms with van der Waals surface area (Å²) in [5, 5.41) is 11.6. The van der Waals surface area contributed by atoms with Gasteiger partial charge in [0.2, 0.25) is 5.91 Å². The van der Waals surface area contributed by atoms with Crippen molar-refractivity contribution in [2.45, 2.75) is 11.6 Å². The number of aromatic nitrogens is 3. The van der Waals surface area contributed by atoms with Crippen LogP contribution in [0, 0.1) is 0 Å². The first-order valence-corrected chi connectivity index (χ1v) is 10.1. The summed E-state index contributed by atoms with van der Waals surface area (Å²) in [6.07, 6.45) is 0.0632. The first-order chi connectivity index (χ1) is 14.5. The Morgan fingerprint density at radius 2 is 1.77 bits per heavy atom. The highest BCUT2D eigenvalue weighted by molar-refractivity contribution is 7.99. The molecule has 0 saturated carbocycles. The number of thioether (sulfide) groups is 1. The van der Waals surface area contributed by atoms with Gasteiger partial charge in [-0.1, -0.05) is 17.8 Å². The molecule has 9 heteroatoms. The molecule has 1 N–H and O–H groups in total. The molecule has 0 bridgehead atoms. The van der Waals surface area contributed by atoms with Crippen molar-refractivity contribution in [2.24, 2.45) is 7.05 Å². The van der Waals surface area contributed by atoms with Crippen molar-refractivity contribution < 1.29 is 19.1 Å². The SMILES string of the molecule is COc1ccc(C(=O)CSc2nnc(CC(=O)Nc3cccc(OC)c3)n2C)cc1. The normalized spacial score (nSPS) is 10.5. The topological polar surface area (TPSA) is 95.3 Å². The van der Waals surface area contributed by atoms with E-state index in [1.165, 1.54) is 11.8 Å². The van der Waals surface area contributed by atoms with Gasteiger partial charge in [0.05, 0.1) is 26.4 Å². The van der Waals surface area contributed by atoms with Crippen molar-refractivity contribution in [2.75, 3.05) is 25.3 Å². The number of benzene rings is 2. The second kappa shape index (κ2) is 9.93. The summed E-state index contributed by atoms with van der Waals surface area (Å²) in [5.74, 6) is 1.84. The molecule has 0 aliphatic heterocycles. The number of hydrogen-bond acceptors (Lipinski definition) is 7. The van der Waals surface area contributed by atoms with Crippen molar-refractivity contribution in [1.82, 2.24) is 14.8 Å². The summed E-state index contributed by atoms with van der Waals surface area (Å²) >= 11 is 1.28. The van der Waals surface area contributed by atoms with E-state index in [2.05, 4.69) is 15.5 Å². The van der Waals surface area contributed by atoms with Gasteiger partial charge >= 0.3 is 0 Å². The zero-order chi connectivity index (χ0) is 21.5. The molecule has 1 heterocycles. The fraction of sp³-hybridized carbons (Fsp3) is 0.238. The van der Waals surface area contributed by atoms with Crippen LogP contribution >= 0.6 is 11.8 Å². The van der Waals surface area contributed by atoms with E-state index in [-0.39, 0.29) is 23.9 Å². The molecule has 0 aliphatic carbocycles. The molecule has 0 saturated heterocycles. The van der Waals surface area contributed by atoms with Crippen LogP contribution in [-0.4, -0.2) is 46.4 Å². The van der Waals surface area contributed by atoms with Gasteiger partial charge in [-0.2, -0.15) is 0 Å². The Labute approximate surface area is 178 Å². The Hall–Kier alpha value is -3.33. The predicted molar refractivity (Wildman–Crippen MR) is 114 cm³/mol. The first-order valence-electron chi connectivity index (χ1n) is 9.12. The van der Waals surface area contributed by atoms with Gasteiger partial charge in [-0.15, -0.1) is 10.2 Å². The first kappa shape index (κ1) is 21.4. The van der Waals surface area contributed by atoms with Crippen LogP contribution in [0.4, 0.5) is 5.69 Å². The standard InChI is InChI=1S/C21H22N4O4S/c1-25-19(12-20(27)22-15-5-4-6-17(11-15)29-3)23-24-21(25)30-13-18(26)14-7-9-16(28-2)10-8-14/h4-11H,12-13H2,1-3H3,(H,22,27). The number of nitrogens with zero attached hydrogens (tertiary/aromatic N) is 3. The number of rotatable bonds is 9. The molecule has 0 unspecified atom stereocenters. The second-order valence-electron chi connectivity index (χ2n) is 6.36. The summed E-state index contributed by atoms with van der Waals surface area (Å²) in [6.45, 7) is 0. The van der Waals surface area contributed by atoms with Gasteiger partial charge in [0.25, 0.3) is 0 Å². The molecule has 8 nitrogen and oxygen atoms in total. The van der Waals surface area contributed by atoms with Crippen molar-refractivity contribution in [3.63, 3.8) is 0 Å². The van der Waals surface area contributed by atoms with Crippen molar-refractivity contribution >= 4 is 29.1 Å². The Morgan fingerprint density at radius 3 is 2.47 bits per heavy atom. The van der Waals surface area contributed by atoms with E-state index in [0.29, 0.717) is 33.7 Å². The second-order valence-corrected chi connectivity index (χ2v) is 7.30. The zero-order valence-corrected chi connectivity index (χ0v) is 17.7. The molecular formula is C21H22N4O4S. The van der Waals surface area contributed by atoms with Crippen LogP contribution in [0.1, 0.15) is 16.2 Å². The average molecular weight is 426 g/mol. The van der Waals surface area contributed by atoms with E-state index in [1.54, 1.807) is 74.4 Å². The van der Waals surface area contributed by atoms with Crippen molar-refractivity contribution in [3.8, 4) is 11.5 Å². The number of nitrogens with one attached hydrogen (secondary N) is 1. The summed E-state index contributed by atoms with van der Waals surface area (Å²) in [7, 11) is 4.92. The van der Waals surface area contributed by atoms with Crippen molar-refractivity contribution in [3.05, 3.63) is 59.9 Å². The van der Waals surface area contributed by atoms with Gasteiger partial charge in [-0.05, 0) is 36.4 Å². The highest BCUT2D eigenvalue weighted by atomic mass is 32.2. The molecule has 3 aromatic rings. The minimum atomic E-state index is -0.218. The molecule has 1 aromatic heterocycles. The molecule has 0 spiro atoms. The smallest absolute Gasteiger partial charge is 0.232 e. The third kappa shape index (κ3) is 5.38. The number of anilines is 1. The molecule has 30 heavy (non-hydrogen) atoms. The van der Waals surface area contributed by atoms with E-state index in [0.717, 1.165) is 0 Å². The van der Waals surface area contributed by atoms with Gasteiger partial charge in [0.1, 0.15) is 17.3 Å². The molecule has 0 fully saturated rings. The number of hydrogen-bond donors (Lipinski definition) is 1. The van der Waals surface area contributed by atoms with Crippen molar-refractivity contribution in [1.29, 1.82) is 0 Å². The maximum Gasteiger partial charge on any atom is 0.232 e. The minimum absolute atomic E-state index is 0.0250. The van der Waals surface area contributed by atoms with Crippen LogP contribution in [0.15, 0.2) is 53.7 Å². The Balaban J connectivity index is 1.57. The van der Waals surface area contributed by atoms with E-state index < -0.39 is 0 Å². The van der Waals surface area contributed by atoms with Crippen LogP contribution in [0.25, 0.3) is 0 Å². The lowest BCUT2D eigenvalue weighted by Crippen LogP contribution is -2.17. The third-order valence-electron chi connectivity index (χ3n) is 4.34. The lowest BCUT2D eigenvalue weighted by atomic mass is 10.1. The van der Waals surface area contributed by atoms with Crippen LogP contribution in [0.5, 0.6) is 11.5 Å². The van der Waals surface area contributed by atoms with Crippen LogP contribution in [-0.2, 0) is 18.3 Å². The number of ether oxygens (including phenoxy) is 2. The molecule has 3 rings (SSSR count). The molecule has 1 amide bonds. The highest BCUT2D eigenvalue weighted by Crippen LogP contribution is 2.20. The molecule has 2 aromatic carbocycles. The summed E-state index contributed by atoms with van der Waals surface area (Å²) in [6, 6.07) is 14.1. The number of Topliss-reactive ketones (excluding diaryl/α,β-unsaturated/α-hetero) is 1. The zero-order valence-electron chi connectivity index (χ0n) is 16.9. The molecule has 0 atom stereocenters. The molecule has 156 valence electrons. The number of carbonyl (C=O) groups is 2. The number of ketones is 1. The van der Waals surface area contributed by atoms with Gasteiger partial charge < -0.3 is 19.4 Å². The largest absolute Gasteiger partial charge is 0.497 e. The summed E-state index contributed by atoms with van der Waals surface area (Å²) in [4.78, 5) is 24.7. The highest BCUT2D eigenvalue weighted by Gasteiger charge is 2.15. The van der Waals surface area contributed by atoms with Gasteiger partial charge in [-0.25, -0.2) is 0 Å². The number of amides is 1. The quantitative estimate of drug-likeness (QED) is 0.415. The van der Waals surface area contributed by atoms with Gasteiger partial charge in [0, 0.05) is 24.4 Å².